The highest BCUT2D eigenvalue weighted by atomic mass is 35.5. The number of rotatable bonds is 9. The second-order valence-electron chi connectivity index (χ2n) is 13.7. The summed E-state index contributed by atoms with van der Waals surface area (Å²) in [5.74, 6) is 0.988. The minimum Gasteiger partial charge on any atom is -1.00 e. The summed E-state index contributed by atoms with van der Waals surface area (Å²) in [5, 5.41) is 1.12. The highest BCUT2D eigenvalue weighted by Gasteiger charge is 2.50. The minimum absolute atomic E-state index is 0. The first-order chi connectivity index (χ1) is 21.2. The van der Waals surface area contributed by atoms with E-state index in [1.807, 2.05) is 50.2 Å². The van der Waals surface area contributed by atoms with E-state index >= 15 is 0 Å². The largest absolute Gasteiger partial charge is 1.00 e. The summed E-state index contributed by atoms with van der Waals surface area (Å²) < 4.78 is 7.09. The van der Waals surface area contributed by atoms with Crippen molar-refractivity contribution < 1.29 is 26.4 Å². The van der Waals surface area contributed by atoms with Crippen LogP contribution in [-0.2, 0) is 16.6 Å². The molecule has 4 aliphatic heterocycles. The maximum atomic E-state index is 14.1. The van der Waals surface area contributed by atoms with Crippen LogP contribution in [0.25, 0.3) is 0 Å². The molecule has 0 radical (unpaired) electrons. The predicted molar refractivity (Wildman–Crippen MR) is 187 cm³/mol. The summed E-state index contributed by atoms with van der Waals surface area (Å²) in [5.41, 5.74) is 3.97. The van der Waals surface area contributed by atoms with Gasteiger partial charge in [0.1, 0.15) is 5.75 Å². The Kier molecular flexibility index (Phi) is 12.4. The first-order valence-corrected chi connectivity index (χ1v) is 17.0. The molecule has 4 aliphatic rings. The van der Waals surface area contributed by atoms with Crippen molar-refractivity contribution in [2.75, 3.05) is 46.3 Å². The van der Waals surface area contributed by atoms with Crippen LogP contribution in [0.15, 0.2) is 72.8 Å². The van der Waals surface area contributed by atoms with Gasteiger partial charge in [-0.1, -0.05) is 71.7 Å². The van der Waals surface area contributed by atoms with E-state index in [-0.39, 0.29) is 48.9 Å². The summed E-state index contributed by atoms with van der Waals surface area (Å²) in [7, 11) is 2.18. The van der Waals surface area contributed by atoms with Crippen molar-refractivity contribution in [1.82, 2.24) is 9.80 Å². The molecule has 4 saturated heterocycles. The summed E-state index contributed by atoms with van der Waals surface area (Å²) in [6.07, 6.45) is 5.14. The van der Waals surface area contributed by atoms with Crippen LogP contribution < -0.4 is 17.1 Å². The number of carbonyl (C=O) groups excluding carboxylic acids is 1. The molecule has 0 aromatic heterocycles. The number of ether oxygens (including phenoxy) is 1. The molecule has 9 heteroatoms. The zero-order chi connectivity index (χ0) is 30.9. The third-order valence-corrected chi connectivity index (χ3v) is 11.4. The van der Waals surface area contributed by atoms with Crippen molar-refractivity contribution in [3.63, 3.8) is 0 Å². The molecule has 250 valence electrons. The van der Waals surface area contributed by atoms with Crippen LogP contribution in [-0.4, -0.2) is 78.7 Å². The number of piperazine rings is 1. The molecule has 4 heterocycles. The number of amides is 1. The highest BCUT2D eigenvalue weighted by molar-refractivity contribution is 6.42. The number of fused-ring (bicyclic) bond motifs is 3. The quantitative estimate of drug-likeness (QED) is 0.295. The molecule has 0 aliphatic carbocycles. The smallest absolute Gasteiger partial charge is 0.227 e. The summed E-state index contributed by atoms with van der Waals surface area (Å²) in [6, 6.07) is 25.2. The number of benzene rings is 3. The van der Waals surface area contributed by atoms with Crippen molar-refractivity contribution >= 4 is 41.5 Å². The molecular formula is C37H47Cl4N3O2. The highest BCUT2D eigenvalue weighted by Crippen LogP contribution is 2.47. The Morgan fingerprint density at radius 2 is 1.63 bits per heavy atom. The molecule has 46 heavy (non-hydrogen) atoms. The van der Waals surface area contributed by atoms with Crippen molar-refractivity contribution in [3.8, 4) is 5.75 Å². The monoisotopic (exact) mass is 705 g/mol. The lowest BCUT2D eigenvalue weighted by Gasteiger charge is -2.56. The molecule has 0 N–H and O–H groups in total. The molecule has 2 bridgehead atoms. The van der Waals surface area contributed by atoms with Gasteiger partial charge in [0.2, 0.25) is 5.91 Å². The van der Waals surface area contributed by atoms with Gasteiger partial charge in [-0.25, -0.2) is 0 Å². The zero-order valence-electron chi connectivity index (χ0n) is 27.1. The third kappa shape index (κ3) is 7.83. The normalized spacial score (nSPS) is 25.9. The Labute approximate surface area is 297 Å². The summed E-state index contributed by atoms with van der Waals surface area (Å²) >= 11 is 12.9. The van der Waals surface area contributed by atoms with Crippen LogP contribution in [0, 0.1) is 0 Å². The first-order valence-electron chi connectivity index (χ1n) is 16.3. The van der Waals surface area contributed by atoms with Gasteiger partial charge in [0, 0.05) is 44.2 Å². The first kappa shape index (κ1) is 36.8. The Morgan fingerprint density at radius 1 is 0.935 bits per heavy atom. The lowest BCUT2D eigenvalue weighted by molar-refractivity contribution is -0.943. The number of nitrogens with zero attached hydrogens (tertiary/aromatic N) is 3. The van der Waals surface area contributed by atoms with Crippen LogP contribution in [0.2, 0.25) is 10.0 Å². The summed E-state index contributed by atoms with van der Waals surface area (Å²) in [4.78, 5) is 18.7. The Balaban J connectivity index is 0.00000240. The van der Waals surface area contributed by atoms with Gasteiger partial charge in [0.15, 0.2) is 0 Å². The summed E-state index contributed by atoms with van der Waals surface area (Å²) in [6.45, 7) is 10.3. The standard InChI is InChI=1S/C37H46Cl2N3O2.2ClH/c1-27(2)44-31-11-7-8-28(24-31)25-35(43)41-19-18-40(3)36(29-12-13-32(38)33(39)26-29)34(41)14-20-42-21-15-37(16-22-42,17-23-42)30-9-5-4-6-10-30;;/h4-13,24,26-27,34,36H,14-23,25H2,1-3H3;2*1H/q+1;;/p-1. The van der Waals surface area contributed by atoms with Crippen molar-refractivity contribution in [2.45, 2.75) is 69.6 Å². The Morgan fingerprint density at radius 3 is 2.28 bits per heavy atom. The van der Waals surface area contributed by atoms with Gasteiger partial charge in [-0.2, -0.15) is 0 Å². The fraction of sp³-hybridized carbons (Fsp3) is 0.486. The van der Waals surface area contributed by atoms with Crippen molar-refractivity contribution in [1.29, 1.82) is 0 Å². The van der Waals surface area contributed by atoms with Gasteiger partial charge in [-0.3, -0.25) is 9.69 Å². The van der Waals surface area contributed by atoms with E-state index in [1.165, 1.54) is 48.9 Å². The van der Waals surface area contributed by atoms with Crippen molar-refractivity contribution in [2.24, 2.45) is 0 Å². The number of hydrogen-bond acceptors (Lipinski definition) is 3. The maximum absolute atomic E-state index is 14.1. The van der Waals surface area contributed by atoms with Gasteiger partial charge in [0.05, 0.1) is 60.8 Å². The van der Waals surface area contributed by atoms with Crippen LogP contribution in [0.3, 0.4) is 0 Å². The molecule has 7 rings (SSSR count). The number of quaternary nitrogens is 1. The number of carbonyl (C=O) groups is 1. The van der Waals surface area contributed by atoms with Gasteiger partial charge in [-0.15, -0.1) is 12.4 Å². The average Bonchev–Trinajstić information content (AvgIpc) is 3.02. The molecule has 2 unspecified atom stereocenters. The van der Waals surface area contributed by atoms with Crippen LogP contribution in [0.4, 0.5) is 0 Å². The molecule has 3 aromatic rings. The second-order valence-corrected chi connectivity index (χ2v) is 14.5. The number of piperidine rings is 3. The third-order valence-electron chi connectivity index (χ3n) is 10.6. The van der Waals surface area contributed by atoms with Crippen LogP contribution in [0.1, 0.15) is 62.3 Å². The number of likely N-dealkylation sites (N-methyl/N-ethyl adjacent to an activating group) is 1. The Hall–Kier alpha value is -1.99. The fourth-order valence-corrected chi connectivity index (χ4v) is 8.44. The van der Waals surface area contributed by atoms with Gasteiger partial charge < -0.3 is 26.5 Å². The van der Waals surface area contributed by atoms with E-state index in [9.17, 15) is 4.79 Å². The van der Waals surface area contributed by atoms with Gasteiger partial charge in [-0.05, 0) is 61.9 Å². The van der Waals surface area contributed by atoms with Crippen molar-refractivity contribution in [3.05, 3.63) is 99.5 Å². The minimum atomic E-state index is 0. The zero-order valence-corrected chi connectivity index (χ0v) is 30.2. The molecular weight excluding hydrogens is 660 g/mol. The average molecular weight is 708 g/mol. The second kappa shape index (κ2) is 15.5. The van der Waals surface area contributed by atoms with Gasteiger partial charge >= 0.3 is 0 Å². The maximum Gasteiger partial charge on any atom is 0.227 e. The fourth-order valence-electron chi connectivity index (χ4n) is 8.14. The molecule has 0 spiro atoms. The van der Waals surface area contributed by atoms with Crippen LogP contribution >= 0.6 is 35.6 Å². The van der Waals surface area contributed by atoms with E-state index in [1.54, 1.807) is 0 Å². The van der Waals surface area contributed by atoms with Gasteiger partial charge in [0.25, 0.3) is 0 Å². The van der Waals surface area contributed by atoms with E-state index < -0.39 is 0 Å². The topological polar surface area (TPSA) is 32.8 Å². The lowest BCUT2D eigenvalue weighted by atomic mass is 9.66. The van der Waals surface area contributed by atoms with E-state index in [0.29, 0.717) is 21.9 Å². The molecule has 1 amide bonds. The molecule has 2 atom stereocenters. The lowest BCUT2D eigenvalue weighted by Crippen LogP contribution is -3.00. The van der Waals surface area contributed by atoms with E-state index in [2.05, 4.69) is 53.2 Å². The Bertz CT molecular complexity index is 1450. The van der Waals surface area contributed by atoms with E-state index in [4.69, 9.17) is 27.9 Å². The SMILES string of the molecule is CC(C)Oc1cccc(CC(=O)N2CCN(C)C(c3ccc(Cl)c(Cl)c3)C2CC[N+]23CCC(c4ccccc4)(CC2)CC3)c1.Cl.[Cl-]. The molecule has 3 aromatic carbocycles. The van der Waals surface area contributed by atoms with Crippen LogP contribution in [0.5, 0.6) is 5.75 Å². The number of halogens is 4. The van der Waals surface area contributed by atoms with E-state index in [0.717, 1.165) is 42.9 Å². The predicted octanol–water partition coefficient (Wildman–Crippen LogP) is 4.98. The number of hydrogen-bond donors (Lipinski definition) is 0. The molecule has 5 nitrogen and oxygen atoms in total. The molecule has 4 fully saturated rings. The molecule has 0 saturated carbocycles.